The Balaban J connectivity index is 0.966. The molecule has 0 spiro atoms. The van der Waals surface area contributed by atoms with Gasteiger partial charge in [-0.05, 0) is 24.0 Å². The van der Waals surface area contributed by atoms with Gasteiger partial charge in [0, 0.05) is 15.4 Å². The fraction of sp³-hybridized carbons (Fsp3) is 0.0959. The maximum Gasteiger partial charge on any atom is 0.0275 e. The van der Waals surface area contributed by atoms with Crippen molar-refractivity contribution < 1.29 is 41.9 Å². The number of pyridine rings is 1. The number of aryl methyl sites for hydroxylation is 1. The first-order valence-electron chi connectivity index (χ1n) is 33.3. The van der Waals surface area contributed by atoms with Crippen molar-refractivity contribution in [1.29, 1.82) is 0 Å². The molecule has 0 saturated heterocycles. The standard InChI is InChI=1S/C73H54BN5O.Pt/c1-46(2)39-50-42-59(53-33-31-47(3)32-34-53)71(60(43-50)54-37-35-52(36-38-54)51-19-8-6-9-20-51)77-45-76(64-27-14-15-28-65(64)77)56-23-18-24-57(44-56)80-73-68(55-21-10-7-11-22-55)49(5)69-62-41-48(4)40-61-58-25-12-13-26-63(58)78-66-29-16-17-30-67(66)79(72(69)75-73)74(78)70(61)62;/h6-29,31-38,40-43,46H,39H2,1-5H3;/q-2;/i3D3,4D3,5D3,39D2,40D,41D;. The molecule has 6 nitrogen and oxygen atoms in total. The van der Waals surface area contributed by atoms with Crippen molar-refractivity contribution in [1.82, 2.24) is 14.1 Å². The maximum atomic E-state index is 10.00. The maximum absolute atomic E-state index is 10.00. The quantitative estimate of drug-likeness (QED) is 0.101. The van der Waals surface area contributed by atoms with E-state index in [1.807, 2.05) is 138 Å². The topological polar surface area (TPSA) is 38.5 Å². The van der Waals surface area contributed by atoms with Gasteiger partial charge in [0.05, 0.1) is 2.74 Å². The van der Waals surface area contributed by atoms with Gasteiger partial charge in [0.1, 0.15) is 0 Å². The number of rotatable bonds is 10. The number of ether oxygens (including phenoxy) is 1. The average molecular weight is 1240 g/mol. The molecular formula is C73H54BN5OPt-2. The third-order valence-corrected chi connectivity index (χ3v) is 16.4. The van der Waals surface area contributed by atoms with Crippen LogP contribution in [0.4, 0.5) is 22.9 Å². The number of hydrogen-bond acceptors (Lipinski definition) is 4. The molecule has 0 atom stereocenters. The molecule has 0 unspecified atom stereocenters. The number of imidazole rings is 1. The van der Waals surface area contributed by atoms with Crippen molar-refractivity contribution in [3.8, 4) is 89.8 Å². The van der Waals surface area contributed by atoms with Crippen molar-refractivity contribution in [3.05, 3.63) is 257 Å². The number of hydrogen-bond donors (Lipinski definition) is 0. The average Bonchev–Trinajstić information content (AvgIpc) is 1.34. The summed E-state index contributed by atoms with van der Waals surface area (Å²) < 4.78 is 131. The van der Waals surface area contributed by atoms with Crippen molar-refractivity contribution in [3.63, 3.8) is 0 Å². The molecule has 5 heterocycles. The van der Waals surface area contributed by atoms with E-state index in [1.54, 1.807) is 66.7 Å². The number of fused-ring (bicyclic) bond motifs is 10. The predicted octanol–water partition coefficient (Wildman–Crippen LogP) is 17.7. The van der Waals surface area contributed by atoms with Crippen LogP contribution in [0.1, 0.15) is 53.9 Å². The minimum atomic E-state index is -2.98. The molecule has 0 N–H and O–H groups in total. The van der Waals surface area contributed by atoms with Crippen LogP contribution in [0.25, 0.3) is 89.2 Å². The molecule has 0 radical (unpaired) electrons. The van der Waals surface area contributed by atoms with Crippen LogP contribution in [-0.2, 0) is 25.7 Å². The van der Waals surface area contributed by atoms with Crippen LogP contribution in [0.3, 0.4) is 0 Å². The van der Waals surface area contributed by atoms with Gasteiger partial charge in [-0.15, -0.1) is 6.07 Å². The van der Waals surface area contributed by atoms with Gasteiger partial charge in [-0.1, -0.05) is 24.2 Å². The first-order valence-corrected chi connectivity index (χ1v) is 27.9. The second-order valence-electron chi connectivity index (χ2n) is 20.7. The Morgan fingerprint density at radius 2 is 1.23 bits per heavy atom. The monoisotopic (exact) mass is 1240 g/mol. The first-order chi connectivity index (χ1) is 44.9. The normalized spacial score (nSPS) is 15.7. The summed E-state index contributed by atoms with van der Waals surface area (Å²) in [6, 6.07) is 70.1. The molecular weight excluding hydrogens is 1170 g/mol. The molecule has 15 rings (SSSR count). The van der Waals surface area contributed by atoms with Crippen molar-refractivity contribution >= 4 is 46.4 Å². The van der Waals surface area contributed by atoms with E-state index in [1.165, 1.54) is 0 Å². The van der Waals surface area contributed by atoms with Crippen LogP contribution in [0.5, 0.6) is 11.6 Å². The minimum absolute atomic E-state index is 0.0156. The minimum Gasteiger partial charge on any atom is -0.0615 e. The van der Waals surface area contributed by atoms with Gasteiger partial charge in [0.25, 0.3) is 0 Å². The van der Waals surface area contributed by atoms with Gasteiger partial charge in [-0.3, -0.25) is 0 Å². The van der Waals surface area contributed by atoms with Gasteiger partial charge in [-0.2, -0.15) is 12.1 Å². The first kappa shape index (κ1) is 37.0. The molecule has 392 valence electrons. The van der Waals surface area contributed by atoms with Crippen LogP contribution in [0.2, 0.25) is 0 Å². The third kappa shape index (κ3) is 7.96. The second-order valence-corrected chi connectivity index (χ2v) is 21.7. The van der Waals surface area contributed by atoms with Gasteiger partial charge in [0.15, 0.2) is 0 Å². The number of aromatic nitrogens is 3. The number of anilines is 4. The molecule has 0 amide bonds. The van der Waals surface area contributed by atoms with Crippen LogP contribution in [-0.4, -0.2) is 21.1 Å². The number of benzene rings is 10. The van der Waals surface area contributed by atoms with Gasteiger partial charge >= 0.3 is 420 Å². The van der Waals surface area contributed by atoms with Crippen LogP contribution < -0.4 is 19.8 Å². The van der Waals surface area contributed by atoms with E-state index in [9.17, 15) is 9.60 Å². The Morgan fingerprint density at radius 1 is 0.593 bits per heavy atom. The molecule has 81 heavy (non-hydrogen) atoms. The van der Waals surface area contributed by atoms with Gasteiger partial charge in [0.2, 0.25) is 0 Å². The molecule has 8 heteroatoms. The Hall–Kier alpha value is -9.03. The zero-order valence-electron chi connectivity index (χ0n) is 56.7. The van der Waals surface area contributed by atoms with E-state index in [0.29, 0.717) is 71.1 Å². The van der Waals surface area contributed by atoms with Crippen molar-refractivity contribution in [2.75, 3.05) is 9.62 Å². The third-order valence-electron chi connectivity index (χ3n) is 15.4. The summed E-state index contributed by atoms with van der Waals surface area (Å²) in [5.74, 6) is -0.305. The number of para-hydroxylation sites is 4. The smallest absolute Gasteiger partial charge is 0.0275 e. The summed E-state index contributed by atoms with van der Waals surface area (Å²) >= 11 is 2.30. The fourth-order valence-electron chi connectivity index (χ4n) is 12.1. The van der Waals surface area contributed by atoms with E-state index in [2.05, 4.69) is 65.1 Å². The van der Waals surface area contributed by atoms with E-state index in [4.69, 9.17) is 17.9 Å². The number of nitrogens with zero attached hydrogens (tertiary/aromatic N) is 5. The summed E-state index contributed by atoms with van der Waals surface area (Å²) in [7, 11) is 0. The van der Waals surface area contributed by atoms with Crippen LogP contribution in [0, 0.1) is 42.4 Å². The molecule has 0 fully saturated rings. The van der Waals surface area contributed by atoms with Crippen LogP contribution >= 0.6 is 0 Å². The summed E-state index contributed by atoms with van der Waals surface area (Å²) in [6.07, 6.45) is -1.81. The Labute approximate surface area is 502 Å². The zero-order chi connectivity index (χ0) is 65.7. The van der Waals surface area contributed by atoms with Gasteiger partial charge < -0.3 is 0 Å². The van der Waals surface area contributed by atoms with E-state index in [0.717, 1.165) is 27.7 Å². The SMILES string of the molecule is [2H]c1c2c3c(c([2H])c1C([2H])([2H])[2H])-c1c(nc(Oc4[c-]c(-n5[c](=[Pt])n(-c6c(-c7ccc(-c8ccccc8)cc7)cc(C([2H])([2H])C(C)C)cc6-c6ccc(C([2H])([2H])[2H])cc6)c6ccccc65)ccc4)c(-c4ccccc4)c1C([2H])([2H])[2H])N1B3N(c3ccc[c-]c31)c1ccccc1-2. The fourth-order valence-corrected chi connectivity index (χ4v) is 13.1. The molecule has 10 aromatic carbocycles. The van der Waals surface area contributed by atoms with Crippen molar-refractivity contribution in [2.24, 2.45) is 5.92 Å². The second kappa shape index (κ2) is 19.4. The summed E-state index contributed by atoms with van der Waals surface area (Å²) in [4.78, 5) is 9.34. The molecule has 0 bridgehead atoms. The predicted molar refractivity (Wildman–Crippen MR) is 329 cm³/mol. The molecule has 2 aromatic heterocycles. The summed E-state index contributed by atoms with van der Waals surface area (Å²) in [5, 5.41) is 0. The Morgan fingerprint density at radius 3 is 1.96 bits per heavy atom. The van der Waals surface area contributed by atoms with Gasteiger partial charge in [-0.25, -0.2) is 0 Å². The zero-order valence-corrected chi connectivity index (χ0v) is 46.0. The van der Waals surface area contributed by atoms with E-state index in [-0.39, 0.29) is 56.9 Å². The van der Waals surface area contributed by atoms with E-state index >= 15 is 0 Å². The molecule has 3 aliphatic rings. The van der Waals surface area contributed by atoms with E-state index < -0.39 is 51.4 Å². The van der Waals surface area contributed by atoms with Crippen molar-refractivity contribution in [2.45, 2.75) is 40.8 Å². The van der Waals surface area contributed by atoms with Crippen LogP contribution in [0.15, 0.2) is 218 Å². The molecule has 3 aliphatic heterocycles. The molecule has 0 saturated carbocycles. The Bertz CT molecular complexity index is 5150. The molecule has 12 aromatic rings. The molecule has 0 aliphatic carbocycles. The summed E-state index contributed by atoms with van der Waals surface area (Å²) in [5.41, 5.74) is 11.2. The Kier molecular flexibility index (Phi) is 8.85. The summed E-state index contributed by atoms with van der Waals surface area (Å²) in [6.45, 7) is -5.47. The largest absolute Gasteiger partial charge is 0.0615 e.